The zero-order valence-electron chi connectivity index (χ0n) is 11.3. The Labute approximate surface area is 114 Å². The number of nitrogens with two attached hydrogens (primary N) is 1. The van der Waals surface area contributed by atoms with E-state index < -0.39 is 0 Å². The Morgan fingerprint density at radius 3 is 2.72 bits per heavy atom. The molecular weight excluding hydrogens is 242 g/mol. The highest BCUT2D eigenvalue weighted by Crippen LogP contribution is 2.33. The average Bonchev–Trinajstić information content (AvgIpc) is 3.08. The van der Waals surface area contributed by atoms with Crippen LogP contribution in [0.15, 0.2) is 12.3 Å². The van der Waals surface area contributed by atoms with Gasteiger partial charge in [-0.05, 0) is 37.3 Å². The van der Waals surface area contributed by atoms with Crippen molar-refractivity contribution in [3.8, 4) is 0 Å². The van der Waals surface area contributed by atoms with Gasteiger partial charge in [0, 0.05) is 18.8 Å². The van der Waals surface area contributed by atoms with Crippen molar-refractivity contribution in [1.29, 1.82) is 0 Å². The van der Waals surface area contributed by atoms with Crippen molar-refractivity contribution >= 4 is 23.0 Å². The summed E-state index contributed by atoms with van der Waals surface area (Å²) in [5.41, 5.74) is 7.93. The number of hydrogen-bond acceptors (Lipinski definition) is 3. The summed E-state index contributed by atoms with van der Waals surface area (Å²) in [5, 5.41) is 0. The lowest BCUT2D eigenvalue weighted by Crippen LogP contribution is -2.33. The van der Waals surface area contributed by atoms with E-state index in [4.69, 9.17) is 18.0 Å². The molecule has 0 bridgehead atoms. The molecule has 1 aliphatic carbocycles. The Kier molecular flexibility index (Phi) is 3.85. The van der Waals surface area contributed by atoms with E-state index in [9.17, 15) is 0 Å². The molecule has 2 N–H and O–H groups in total. The maximum atomic E-state index is 5.87. The molecule has 0 amide bonds. The lowest BCUT2D eigenvalue weighted by Gasteiger charge is -2.28. The molecule has 0 aromatic carbocycles. The van der Waals surface area contributed by atoms with Crippen LogP contribution in [-0.4, -0.2) is 22.6 Å². The molecule has 98 valence electrons. The van der Waals surface area contributed by atoms with Gasteiger partial charge in [0.2, 0.25) is 0 Å². The number of thiocarbonyl (C=S) groups is 1. The van der Waals surface area contributed by atoms with E-state index >= 15 is 0 Å². The quantitative estimate of drug-likeness (QED) is 0.829. The Bertz CT molecular complexity index is 452. The molecular formula is C14H21N3S. The van der Waals surface area contributed by atoms with Crippen LogP contribution in [0.25, 0.3) is 0 Å². The normalized spacial score (nSPS) is 14.9. The molecule has 3 nitrogen and oxygen atoms in total. The number of hydrogen-bond donors (Lipinski definition) is 1. The van der Waals surface area contributed by atoms with Gasteiger partial charge in [-0.1, -0.05) is 26.1 Å². The van der Waals surface area contributed by atoms with Gasteiger partial charge in [-0.2, -0.15) is 0 Å². The van der Waals surface area contributed by atoms with Gasteiger partial charge in [0.1, 0.15) is 10.8 Å². The summed E-state index contributed by atoms with van der Waals surface area (Å²) in [7, 11) is 0. The van der Waals surface area contributed by atoms with Crippen LogP contribution in [0, 0.1) is 12.8 Å². The molecule has 4 heteroatoms. The van der Waals surface area contributed by atoms with Crippen molar-refractivity contribution in [1.82, 2.24) is 4.98 Å². The van der Waals surface area contributed by atoms with Gasteiger partial charge in [0.15, 0.2) is 0 Å². The van der Waals surface area contributed by atoms with E-state index in [1.165, 1.54) is 12.8 Å². The van der Waals surface area contributed by atoms with Crippen LogP contribution in [0.2, 0.25) is 0 Å². The molecule has 2 rings (SSSR count). The minimum absolute atomic E-state index is 0.449. The molecule has 18 heavy (non-hydrogen) atoms. The molecule has 1 aliphatic rings. The SMILES string of the molecule is Cc1ccnc(N(CC(C)C)C2CC2)c1C(N)=S. The first kappa shape index (κ1) is 13.3. The van der Waals surface area contributed by atoms with Crippen molar-refractivity contribution in [2.24, 2.45) is 11.7 Å². The third kappa shape index (κ3) is 2.80. The molecule has 1 saturated carbocycles. The average molecular weight is 263 g/mol. The van der Waals surface area contributed by atoms with Gasteiger partial charge < -0.3 is 10.6 Å². The first-order chi connectivity index (χ1) is 8.50. The molecule has 0 aliphatic heterocycles. The lowest BCUT2D eigenvalue weighted by atomic mass is 10.1. The summed E-state index contributed by atoms with van der Waals surface area (Å²) in [6.45, 7) is 7.51. The van der Waals surface area contributed by atoms with Gasteiger partial charge in [0.05, 0.1) is 5.56 Å². The number of anilines is 1. The number of rotatable bonds is 5. The van der Waals surface area contributed by atoms with Gasteiger partial charge in [-0.25, -0.2) is 4.98 Å². The lowest BCUT2D eigenvalue weighted by molar-refractivity contribution is 0.602. The van der Waals surface area contributed by atoms with E-state index in [0.717, 1.165) is 23.5 Å². The third-order valence-corrected chi connectivity index (χ3v) is 3.41. The summed E-state index contributed by atoms with van der Waals surface area (Å²) in [6, 6.07) is 2.59. The zero-order chi connectivity index (χ0) is 13.3. The third-order valence-electron chi connectivity index (χ3n) is 3.21. The van der Waals surface area contributed by atoms with Crippen LogP contribution in [0.3, 0.4) is 0 Å². The van der Waals surface area contributed by atoms with Crippen LogP contribution in [0.5, 0.6) is 0 Å². The highest BCUT2D eigenvalue weighted by molar-refractivity contribution is 7.80. The molecule has 0 spiro atoms. The van der Waals surface area contributed by atoms with Crippen LogP contribution in [0.1, 0.15) is 37.8 Å². The summed E-state index contributed by atoms with van der Waals surface area (Å²) in [4.78, 5) is 7.36. The van der Waals surface area contributed by atoms with E-state index in [1.807, 2.05) is 19.2 Å². The maximum Gasteiger partial charge on any atom is 0.139 e. The fourth-order valence-corrected chi connectivity index (χ4v) is 2.51. The molecule has 0 unspecified atom stereocenters. The molecule has 1 aromatic heterocycles. The standard InChI is InChI=1S/C14H21N3S/c1-9(2)8-17(11-4-5-11)14-12(13(15)18)10(3)6-7-16-14/h6-7,9,11H,4-5,8H2,1-3H3,(H2,15,18). The van der Waals surface area contributed by atoms with Crippen LogP contribution < -0.4 is 10.6 Å². The Balaban J connectivity index is 2.40. The molecule has 1 aromatic rings. The Morgan fingerprint density at radius 1 is 1.56 bits per heavy atom. The molecule has 0 atom stereocenters. The van der Waals surface area contributed by atoms with Gasteiger partial charge in [-0.15, -0.1) is 0 Å². The van der Waals surface area contributed by atoms with Crippen LogP contribution >= 0.6 is 12.2 Å². The summed E-state index contributed by atoms with van der Waals surface area (Å²) < 4.78 is 0. The molecule has 1 heterocycles. The second-order valence-electron chi connectivity index (χ2n) is 5.47. The van der Waals surface area contributed by atoms with Gasteiger partial charge in [0.25, 0.3) is 0 Å². The fraction of sp³-hybridized carbons (Fsp3) is 0.571. The predicted molar refractivity (Wildman–Crippen MR) is 80.1 cm³/mol. The van der Waals surface area contributed by atoms with Crippen molar-refractivity contribution < 1.29 is 0 Å². The Hall–Kier alpha value is -1.16. The topological polar surface area (TPSA) is 42.2 Å². The van der Waals surface area contributed by atoms with E-state index in [1.54, 1.807) is 0 Å². The monoisotopic (exact) mass is 263 g/mol. The molecule has 0 radical (unpaired) electrons. The predicted octanol–water partition coefficient (Wildman–Crippen LogP) is 2.65. The number of pyridine rings is 1. The van der Waals surface area contributed by atoms with E-state index in [2.05, 4.69) is 23.7 Å². The van der Waals surface area contributed by atoms with Gasteiger partial charge >= 0.3 is 0 Å². The van der Waals surface area contributed by atoms with Crippen LogP contribution in [0.4, 0.5) is 5.82 Å². The Morgan fingerprint density at radius 2 is 2.22 bits per heavy atom. The van der Waals surface area contributed by atoms with Crippen LogP contribution in [-0.2, 0) is 0 Å². The van der Waals surface area contributed by atoms with Crippen molar-refractivity contribution in [3.63, 3.8) is 0 Å². The summed E-state index contributed by atoms with van der Waals surface area (Å²) in [6.07, 6.45) is 4.35. The highest BCUT2D eigenvalue weighted by atomic mass is 32.1. The smallest absolute Gasteiger partial charge is 0.139 e. The first-order valence-electron chi connectivity index (χ1n) is 6.52. The number of aryl methyl sites for hydroxylation is 1. The highest BCUT2D eigenvalue weighted by Gasteiger charge is 2.32. The van der Waals surface area contributed by atoms with E-state index in [-0.39, 0.29) is 0 Å². The second-order valence-corrected chi connectivity index (χ2v) is 5.91. The van der Waals surface area contributed by atoms with Crippen molar-refractivity contribution in [3.05, 3.63) is 23.4 Å². The van der Waals surface area contributed by atoms with Gasteiger partial charge in [-0.3, -0.25) is 0 Å². The van der Waals surface area contributed by atoms with Crippen molar-refractivity contribution in [2.75, 3.05) is 11.4 Å². The summed E-state index contributed by atoms with van der Waals surface area (Å²) in [5.74, 6) is 1.57. The van der Waals surface area contributed by atoms with Crippen molar-refractivity contribution in [2.45, 2.75) is 39.7 Å². The minimum Gasteiger partial charge on any atom is -0.389 e. The minimum atomic E-state index is 0.449. The largest absolute Gasteiger partial charge is 0.389 e. The second kappa shape index (κ2) is 5.22. The van der Waals surface area contributed by atoms with E-state index in [0.29, 0.717) is 16.9 Å². The molecule has 0 saturated heterocycles. The number of aromatic nitrogens is 1. The number of nitrogens with zero attached hydrogens (tertiary/aromatic N) is 2. The first-order valence-corrected chi connectivity index (χ1v) is 6.93. The maximum absolute atomic E-state index is 5.87. The molecule has 1 fully saturated rings. The summed E-state index contributed by atoms with van der Waals surface area (Å²) >= 11 is 5.19. The fourth-order valence-electron chi connectivity index (χ4n) is 2.25. The zero-order valence-corrected chi connectivity index (χ0v) is 12.1.